The van der Waals surface area contributed by atoms with Crippen molar-refractivity contribution < 1.29 is 18.5 Å². The van der Waals surface area contributed by atoms with Gasteiger partial charge >= 0.3 is 0 Å². The first-order valence-electron chi connectivity index (χ1n) is 16.9. The smallest absolute Gasteiger partial charge is 0.243 e. The van der Waals surface area contributed by atoms with Gasteiger partial charge in [0.2, 0.25) is 11.8 Å². The van der Waals surface area contributed by atoms with Gasteiger partial charge in [0.25, 0.3) is 0 Å². The van der Waals surface area contributed by atoms with Crippen LogP contribution in [-0.2, 0) is 27.2 Å². The summed E-state index contributed by atoms with van der Waals surface area (Å²) in [5.74, 6) is 0.933. The van der Waals surface area contributed by atoms with E-state index in [-0.39, 0.29) is 28.3 Å². The number of piperazine rings is 1. The van der Waals surface area contributed by atoms with Gasteiger partial charge in [-0.2, -0.15) is 0 Å². The Balaban J connectivity index is 1.31. The molecule has 0 aliphatic carbocycles. The Morgan fingerprint density at radius 3 is 2.40 bits per heavy atom. The fourth-order valence-corrected chi connectivity index (χ4v) is 7.39. The summed E-state index contributed by atoms with van der Waals surface area (Å²) < 4.78 is 22.7. The molecule has 1 saturated heterocycles. The van der Waals surface area contributed by atoms with Crippen molar-refractivity contribution in [3.8, 4) is 5.75 Å². The first kappa shape index (κ1) is 39.3. The second-order valence-electron chi connectivity index (χ2n) is 12.6. The number of benzene rings is 2. The van der Waals surface area contributed by atoms with Crippen LogP contribution < -0.4 is 25.8 Å². The zero-order chi connectivity index (χ0) is 36.4. The number of guanidine groups is 1. The number of carbonyl (C=O) groups is 2. The number of hydrogen-bond acceptors (Lipinski definition) is 7. The largest absolute Gasteiger partial charge is 0.487 e. The summed E-state index contributed by atoms with van der Waals surface area (Å²) in [4.78, 5) is 39.4. The fourth-order valence-electron chi connectivity index (χ4n) is 5.56. The summed E-state index contributed by atoms with van der Waals surface area (Å²) >= 11 is 13.3. The molecule has 272 valence electrons. The maximum absolute atomic E-state index is 13.6. The van der Waals surface area contributed by atoms with Crippen LogP contribution in [0.3, 0.4) is 0 Å². The number of pyridine rings is 1. The van der Waals surface area contributed by atoms with Crippen LogP contribution in [0.4, 0.5) is 0 Å². The average Bonchev–Trinajstić information content (AvgIpc) is 3.09. The quantitative estimate of drug-likeness (QED) is 0.109. The zero-order valence-electron chi connectivity index (χ0n) is 29.4. The molecule has 0 saturated carbocycles. The number of rotatable bonds is 14. The van der Waals surface area contributed by atoms with Gasteiger partial charge in [-0.25, -0.2) is 13.9 Å². The third-order valence-electron chi connectivity index (χ3n) is 8.25. The van der Waals surface area contributed by atoms with Crippen LogP contribution in [-0.4, -0.2) is 94.2 Å². The average molecular weight is 748 g/mol. The molecule has 15 heteroatoms. The van der Waals surface area contributed by atoms with Crippen molar-refractivity contribution in [3.63, 3.8) is 0 Å². The Morgan fingerprint density at radius 1 is 1.04 bits per heavy atom. The first-order chi connectivity index (χ1) is 23.9. The van der Waals surface area contributed by atoms with Crippen molar-refractivity contribution in [3.05, 3.63) is 63.8 Å². The first-order valence-corrected chi connectivity index (χ1v) is 18.8. The minimum atomic E-state index is -1.87. The number of para-hydroxylation sites is 1. The molecule has 2 atom stereocenters. The lowest BCUT2D eigenvalue weighted by Crippen LogP contribution is -2.60. The highest BCUT2D eigenvalue weighted by molar-refractivity contribution is 7.83. The molecular weight excluding hydrogens is 699 g/mol. The monoisotopic (exact) mass is 746 g/mol. The normalized spacial score (nSPS) is 14.6. The molecule has 50 heavy (non-hydrogen) atoms. The second kappa shape index (κ2) is 18.1. The number of amides is 2. The van der Waals surface area contributed by atoms with Crippen molar-refractivity contribution in [2.75, 3.05) is 45.8 Å². The summed E-state index contributed by atoms with van der Waals surface area (Å²) in [6.45, 7) is 12.8. The van der Waals surface area contributed by atoms with Crippen LogP contribution in [0, 0.1) is 6.92 Å². The fraction of sp³-hybridized carbons (Fsp3) is 0.486. The summed E-state index contributed by atoms with van der Waals surface area (Å²) in [6.07, 6.45) is 1.19. The molecule has 5 N–H and O–H groups in total. The molecule has 1 aliphatic heterocycles. The molecular formula is C35H48Cl2N8O4S. The van der Waals surface area contributed by atoms with Gasteiger partial charge in [-0.1, -0.05) is 41.4 Å². The van der Waals surface area contributed by atoms with Gasteiger partial charge in [0.1, 0.15) is 34.4 Å². The van der Waals surface area contributed by atoms with Gasteiger partial charge in [0.15, 0.2) is 5.96 Å². The predicted octanol–water partition coefficient (Wildman–Crippen LogP) is 4.17. The van der Waals surface area contributed by atoms with E-state index in [9.17, 15) is 13.8 Å². The number of nitrogens with one attached hydrogen (secondary N) is 3. The van der Waals surface area contributed by atoms with E-state index in [4.69, 9.17) is 33.7 Å². The molecule has 2 aromatic carbocycles. The molecule has 0 spiro atoms. The molecule has 1 aromatic heterocycles. The number of halogens is 2. The van der Waals surface area contributed by atoms with E-state index in [1.807, 2.05) is 51.1 Å². The van der Waals surface area contributed by atoms with E-state index in [0.717, 1.165) is 35.6 Å². The highest BCUT2D eigenvalue weighted by Gasteiger charge is 2.37. The van der Waals surface area contributed by atoms with Crippen molar-refractivity contribution in [2.45, 2.75) is 70.5 Å². The SMILES string of the molecule is CCNC(=NCCC[C@H](N)C(=O)N1CCN(C(=O)C(C)(C)NS(=O)c2ccc(Cl)c(COc3cccc4ccc(C)nc34)c2Cl)CC1)NCC. The number of fused-ring (bicyclic) bond motifs is 1. The van der Waals surface area contributed by atoms with Crippen molar-refractivity contribution in [1.82, 2.24) is 30.1 Å². The molecule has 1 unspecified atom stereocenters. The molecule has 4 rings (SSSR count). The number of ether oxygens (including phenoxy) is 1. The lowest BCUT2D eigenvalue weighted by molar-refractivity contribution is -0.143. The Hall–Kier alpha value is -3.49. The molecule has 3 aromatic rings. The van der Waals surface area contributed by atoms with Crippen LogP contribution in [0.2, 0.25) is 10.0 Å². The third-order valence-corrected chi connectivity index (χ3v) is 10.6. The van der Waals surface area contributed by atoms with Gasteiger partial charge in [0.05, 0.1) is 16.0 Å². The minimum absolute atomic E-state index is 0.0220. The van der Waals surface area contributed by atoms with Gasteiger partial charge in [-0.15, -0.1) is 0 Å². The van der Waals surface area contributed by atoms with Crippen molar-refractivity contribution >= 4 is 62.9 Å². The Labute approximate surface area is 307 Å². The second-order valence-corrected chi connectivity index (χ2v) is 14.5. The summed E-state index contributed by atoms with van der Waals surface area (Å²) in [7, 11) is -1.87. The molecule has 0 bridgehead atoms. The molecule has 12 nitrogen and oxygen atoms in total. The highest BCUT2D eigenvalue weighted by atomic mass is 35.5. The van der Waals surface area contributed by atoms with Crippen LogP contribution in [0.25, 0.3) is 10.9 Å². The lowest BCUT2D eigenvalue weighted by atomic mass is 10.0. The summed E-state index contributed by atoms with van der Waals surface area (Å²) in [6, 6.07) is 12.1. The van der Waals surface area contributed by atoms with Gasteiger partial charge < -0.3 is 30.9 Å². The molecule has 0 radical (unpaired) electrons. The van der Waals surface area contributed by atoms with Crippen LogP contribution in [0.1, 0.15) is 51.8 Å². The zero-order valence-corrected chi connectivity index (χ0v) is 31.7. The molecule has 1 fully saturated rings. The van der Waals surface area contributed by atoms with E-state index < -0.39 is 22.6 Å². The van der Waals surface area contributed by atoms with E-state index in [1.165, 1.54) is 0 Å². The van der Waals surface area contributed by atoms with E-state index in [1.54, 1.807) is 35.8 Å². The topological polar surface area (TPSA) is 154 Å². The van der Waals surface area contributed by atoms with Gasteiger partial charge in [-0.05, 0) is 71.7 Å². The number of aryl methyl sites for hydroxylation is 1. The number of aliphatic imine (C=N–C) groups is 1. The maximum Gasteiger partial charge on any atom is 0.243 e. The lowest BCUT2D eigenvalue weighted by Gasteiger charge is -2.39. The number of hydrogen-bond donors (Lipinski definition) is 4. The van der Waals surface area contributed by atoms with E-state index in [0.29, 0.717) is 61.9 Å². The summed E-state index contributed by atoms with van der Waals surface area (Å²) in [5, 5.41) is 7.82. The van der Waals surface area contributed by atoms with Gasteiger partial charge in [0, 0.05) is 67.5 Å². The van der Waals surface area contributed by atoms with Crippen LogP contribution in [0.5, 0.6) is 5.75 Å². The number of aromatic nitrogens is 1. The summed E-state index contributed by atoms with van der Waals surface area (Å²) in [5.41, 5.74) is 7.07. The number of carbonyl (C=O) groups excluding carboxylic acids is 2. The van der Waals surface area contributed by atoms with Crippen molar-refractivity contribution in [2.24, 2.45) is 10.7 Å². The predicted molar refractivity (Wildman–Crippen MR) is 201 cm³/mol. The molecule has 1 aliphatic rings. The molecule has 2 heterocycles. The standard InChI is InChI=1S/C35H48Cl2N8O4S/c1-6-39-34(40-7-2)41-17-9-11-27(38)32(46)44-18-20-45(21-19-44)33(47)35(4,5)43-50(48)29-16-15-26(36)25(30(29)37)22-49-28-12-8-10-24-14-13-23(3)42-31(24)28/h8,10,12-16,27,43H,6-7,9,11,17-22,38H2,1-5H3,(H2,39,40,41)/t27-,50?/m0/s1. The Kier molecular flexibility index (Phi) is 14.3. The number of nitrogens with two attached hydrogens (primary N) is 1. The molecule has 2 amide bonds. The van der Waals surface area contributed by atoms with Gasteiger partial charge in [-0.3, -0.25) is 14.6 Å². The van der Waals surface area contributed by atoms with Crippen LogP contribution >= 0.6 is 23.2 Å². The Morgan fingerprint density at radius 2 is 1.72 bits per heavy atom. The third kappa shape index (κ3) is 10.1. The van der Waals surface area contributed by atoms with E-state index >= 15 is 0 Å². The maximum atomic E-state index is 13.6. The Bertz CT molecular complexity index is 1710. The van der Waals surface area contributed by atoms with Crippen LogP contribution in [0.15, 0.2) is 52.4 Å². The minimum Gasteiger partial charge on any atom is -0.487 e. The highest BCUT2D eigenvalue weighted by Crippen LogP contribution is 2.33. The van der Waals surface area contributed by atoms with E-state index in [2.05, 4.69) is 25.3 Å². The number of nitrogens with zero attached hydrogens (tertiary/aromatic N) is 4. The van der Waals surface area contributed by atoms with Crippen molar-refractivity contribution in [1.29, 1.82) is 0 Å².